The maximum atomic E-state index is 3.86. The third-order valence-electron chi connectivity index (χ3n) is 5.61. The Morgan fingerprint density at radius 1 is 0.895 bits per heavy atom. The summed E-state index contributed by atoms with van der Waals surface area (Å²) in [6.45, 7) is 7.56. The van der Waals surface area contributed by atoms with Crippen molar-refractivity contribution in [3.05, 3.63) is 0 Å². The molecule has 2 heteroatoms. The van der Waals surface area contributed by atoms with Crippen LogP contribution in [-0.4, -0.2) is 36.1 Å². The predicted molar refractivity (Wildman–Crippen MR) is 81.3 cm³/mol. The SMILES string of the molecule is CC(C)C1CCCCC1N1CCCC(NC2CC2)C1. The summed E-state index contributed by atoms with van der Waals surface area (Å²) < 4.78 is 0. The number of rotatable bonds is 4. The summed E-state index contributed by atoms with van der Waals surface area (Å²) in [6.07, 6.45) is 11.5. The van der Waals surface area contributed by atoms with E-state index >= 15 is 0 Å². The molecule has 19 heavy (non-hydrogen) atoms. The second kappa shape index (κ2) is 6.13. The molecule has 0 aromatic heterocycles. The zero-order chi connectivity index (χ0) is 13.2. The van der Waals surface area contributed by atoms with Crippen LogP contribution in [0.15, 0.2) is 0 Å². The first kappa shape index (κ1) is 13.9. The first-order chi connectivity index (χ1) is 9.24. The fourth-order valence-corrected chi connectivity index (χ4v) is 4.40. The van der Waals surface area contributed by atoms with Gasteiger partial charge in [-0.05, 0) is 56.9 Å². The predicted octanol–water partition coefficient (Wildman–Crippen LogP) is 3.42. The lowest BCUT2D eigenvalue weighted by Crippen LogP contribution is -2.53. The lowest BCUT2D eigenvalue weighted by atomic mass is 9.76. The highest BCUT2D eigenvalue weighted by Crippen LogP contribution is 2.35. The molecule has 0 radical (unpaired) electrons. The van der Waals surface area contributed by atoms with E-state index in [0.29, 0.717) is 0 Å². The Bertz CT molecular complexity index is 285. The topological polar surface area (TPSA) is 15.3 Å². The zero-order valence-corrected chi connectivity index (χ0v) is 12.9. The zero-order valence-electron chi connectivity index (χ0n) is 12.9. The summed E-state index contributed by atoms with van der Waals surface area (Å²) in [4.78, 5) is 2.85. The number of piperidine rings is 1. The van der Waals surface area contributed by atoms with Crippen molar-refractivity contribution in [3.8, 4) is 0 Å². The van der Waals surface area contributed by atoms with Gasteiger partial charge in [0.05, 0.1) is 0 Å². The van der Waals surface area contributed by atoms with Gasteiger partial charge in [0.15, 0.2) is 0 Å². The standard InChI is InChI=1S/C17H32N2/c1-13(2)16-7-3-4-8-17(16)19-11-5-6-15(12-19)18-14-9-10-14/h13-18H,3-12H2,1-2H3. The lowest BCUT2D eigenvalue weighted by molar-refractivity contribution is 0.0517. The van der Waals surface area contributed by atoms with Crippen LogP contribution in [0, 0.1) is 11.8 Å². The number of nitrogens with zero attached hydrogens (tertiary/aromatic N) is 1. The van der Waals surface area contributed by atoms with Crippen molar-refractivity contribution in [2.45, 2.75) is 83.3 Å². The fraction of sp³-hybridized carbons (Fsp3) is 1.00. The van der Waals surface area contributed by atoms with Crippen molar-refractivity contribution in [1.82, 2.24) is 10.2 Å². The highest BCUT2D eigenvalue weighted by molar-refractivity contribution is 4.92. The highest BCUT2D eigenvalue weighted by atomic mass is 15.2. The van der Waals surface area contributed by atoms with Crippen molar-refractivity contribution in [1.29, 1.82) is 0 Å². The van der Waals surface area contributed by atoms with Gasteiger partial charge < -0.3 is 5.32 Å². The van der Waals surface area contributed by atoms with E-state index in [0.717, 1.165) is 30.0 Å². The largest absolute Gasteiger partial charge is 0.310 e. The second-order valence-electron chi connectivity index (χ2n) is 7.53. The normalized spacial score (nSPS) is 37.7. The fourth-order valence-electron chi connectivity index (χ4n) is 4.40. The number of likely N-dealkylation sites (tertiary alicyclic amines) is 1. The molecule has 3 atom stereocenters. The molecule has 3 fully saturated rings. The molecule has 110 valence electrons. The summed E-state index contributed by atoms with van der Waals surface area (Å²) in [7, 11) is 0. The summed E-state index contributed by atoms with van der Waals surface area (Å²) in [6, 6.07) is 2.55. The van der Waals surface area contributed by atoms with Gasteiger partial charge >= 0.3 is 0 Å². The van der Waals surface area contributed by atoms with Gasteiger partial charge in [-0.1, -0.05) is 26.7 Å². The highest BCUT2D eigenvalue weighted by Gasteiger charge is 2.35. The van der Waals surface area contributed by atoms with E-state index in [9.17, 15) is 0 Å². The van der Waals surface area contributed by atoms with Crippen LogP contribution in [0.25, 0.3) is 0 Å². The van der Waals surface area contributed by atoms with Gasteiger partial charge in [0.25, 0.3) is 0 Å². The van der Waals surface area contributed by atoms with E-state index in [-0.39, 0.29) is 0 Å². The van der Waals surface area contributed by atoms with Gasteiger partial charge in [0.1, 0.15) is 0 Å². The third kappa shape index (κ3) is 3.52. The number of hydrogen-bond donors (Lipinski definition) is 1. The Balaban J connectivity index is 1.58. The minimum atomic E-state index is 0.788. The van der Waals surface area contributed by atoms with E-state index in [1.807, 2.05) is 0 Å². The molecule has 0 amide bonds. The molecule has 3 unspecified atom stereocenters. The Morgan fingerprint density at radius 3 is 2.42 bits per heavy atom. The minimum Gasteiger partial charge on any atom is -0.310 e. The molecule has 0 aromatic rings. The van der Waals surface area contributed by atoms with Crippen molar-refractivity contribution in [2.24, 2.45) is 11.8 Å². The van der Waals surface area contributed by atoms with Crippen molar-refractivity contribution < 1.29 is 0 Å². The van der Waals surface area contributed by atoms with Gasteiger partial charge in [-0.2, -0.15) is 0 Å². The monoisotopic (exact) mass is 264 g/mol. The molecule has 0 bridgehead atoms. The maximum absolute atomic E-state index is 3.86. The minimum absolute atomic E-state index is 0.788. The van der Waals surface area contributed by atoms with Crippen LogP contribution in [0.3, 0.4) is 0 Å². The molecule has 0 aromatic carbocycles. The maximum Gasteiger partial charge on any atom is 0.0198 e. The molecular formula is C17H32N2. The third-order valence-corrected chi connectivity index (χ3v) is 5.61. The summed E-state index contributed by atoms with van der Waals surface area (Å²) in [5.74, 6) is 1.82. The second-order valence-corrected chi connectivity index (χ2v) is 7.53. The van der Waals surface area contributed by atoms with Crippen LogP contribution in [0.2, 0.25) is 0 Å². The molecule has 1 saturated heterocycles. The molecule has 1 heterocycles. The first-order valence-corrected chi connectivity index (χ1v) is 8.74. The molecule has 3 rings (SSSR count). The average Bonchev–Trinajstić information content (AvgIpc) is 3.23. The summed E-state index contributed by atoms with van der Waals surface area (Å²) >= 11 is 0. The van der Waals surface area contributed by atoms with Crippen LogP contribution in [-0.2, 0) is 0 Å². The van der Waals surface area contributed by atoms with Crippen molar-refractivity contribution >= 4 is 0 Å². The molecule has 0 spiro atoms. The van der Waals surface area contributed by atoms with Crippen LogP contribution >= 0.6 is 0 Å². The van der Waals surface area contributed by atoms with E-state index in [1.165, 1.54) is 64.5 Å². The molecule has 1 N–H and O–H groups in total. The summed E-state index contributed by atoms with van der Waals surface area (Å²) in [5.41, 5.74) is 0. The summed E-state index contributed by atoms with van der Waals surface area (Å²) in [5, 5.41) is 3.86. The van der Waals surface area contributed by atoms with Crippen molar-refractivity contribution in [3.63, 3.8) is 0 Å². The molecule has 2 nitrogen and oxygen atoms in total. The van der Waals surface area contributed by atoms with Gasteiger partial charge in [0, 0.05) is 24.7 Å². The van der Waals surface area contributed by atoms with Crippen LogP contribution < -0.4 is 5.32 Å². The Hall–Kier alpha value is -0.0800. The molecule has 2 saturated carbocycles. The average molecular weight is 264 g/mol. The van der Waals surface area contributed by atoms with E-state index in [4.69, 9.17) is 0 Å². The quantitative estimate of drug-likeness (QED) is 0.837. The smallest absolute Gasteiger partial charge is 0.0198 e. The van der Waals surface area contributed by atoms with Crippen LogP contribution in [0.5, 0.6) is 0 Å². The Morgan fingerprint density at radius 2 is 1.68 bits per heavy atom. The number of nitrogens with one attached hydrogen (secondary N) is 1. The van der Waals surface area contributed by atoms with Crippen LogP contribution in [0.1, 0.15) is 65.2 Å². The Labute approximate surface area is 119 Å². The molecule has 2 aliphatic carbocycles. The van der Waals surface area contributed by atoms with Gasteiger partial charge in [0.2, 0.25) is 0 Å². The first-order valence-electron chi connectivity index (χ1n) is 8.74. The lowest BCUT2D eigenvalue weighted by Gasteiger charge is -2.45. The van der Waals surface area contributed by atoms with Gasteiger partial charge in [-0.15, -0.1) is 0 Å². The van der Waals surface area contributed by atoms with Crippen molar-refractivity contribution in [2.75, 3.05) is 13.1 Å². The van der Waals surface area contributed by atoms with E-state index in [1.54, 1.807) is 0 Å². The molecule has 3 aliphatic rings. The molecule has 1 aliphatic heterocycles. The van der Waals surface area contributed by atoms with Gasteiger partial charge in [-0.3, -0.25) is 4.90 Å². The number of hydrogen-bond acceptors (Lipinski definition) is 2. The molecular weight excluding hydrogens is 232 g/mol. The van der Waals surface area contributed by atoms with E-state index in [2.05, 4.69) is 24.1 Å². The van der Waals surface area contributed by atoms with E-state index < -0.39 is 0 Å². The van der Waals surface area contributed by atoms with Gasteiger partial charge in [-0.25, -0.2) is 0 Å². The Kier molecular flexibility index (Phi) is 4.48. The van der Waals surface area contributed by atoms with Crippen LogP contribution in [0.4, 0.5) is 0 Å².